The van der Waals surface area contributed by atoms with Crippen molar-refractivity contribution in [3.8, 4) is 0 Å². The molecule has 1 unspecified atom stereocenters. The minimum atomic E-state index is -3.28. The molecule has 1 aliphatic heterocycles. The van der Waals surface area contributed by atoms with E-state index in [9.17, 15) is 8.42 Å². The molecule has 2 rings (SSSR count). The first-order chi connectivity index (χ1) is 7.10. The van der Waals surface area contributed by atoms with Crippen molar-refractivity contribution in [1.82, 2.24) is 0 Å². The van der Waals surface area contributed by atoms with Gasteiger partial charge in [-0.15, -0.1) is 0 Å². The fourth-order valence-electron chi connectivity index (χ4n) is 1.74. The summed E-state index contributed by atoms with van der Waals surface area (Å²) < 4.78 is 29.3. The van der Waals surface area contributed by atoms with Gasteiger partial charge in [-0.2, -0.15) is 0 Å². The van der Waals surface area contributed by atoms with Gasteiger partial charge in [0.1, 0.15) is 0 Å². The molecule has 0 saturated carbocycles. The smallest absolute Gasteiger partial charge is 0.205 e. The Kier molecular flexibility index (Phi) is 2.80. The summed E-state index contributed by atoms with van der Waals surface area (Å²) in [6.07, 6.45) is 1.44. The molecule has 1 aromatic carbocycles. The van der Waals surface area contributed by atoms with Crippen molar-refractivity contribution in [3.63, 3.8) is 0 Å². The van der Waals surface area contributed by atoms with Gasteiger partial charge in [-0.25, -0.2) is 8.42 Å². The molecular weight excluding hydrogens is 212 g/mol. The normalized spacial score (nSPS) is 21.8. The second kappa shape index (κ2) is 3.94. The lowest BCUT2D eigenvalue weighted by Crippen LogP contribution is -2.20. The van der Waals surface area contributed by atoms with E-state index in [0.29, 0.717) is 17.9 Å². The summed E-state index contributed by atoms with van der Waals surface area (Å²) in [5.74, 6) is 0. The van der Waals surface area contributed by atoms with Crippen LogP contribution in [0.2, 0.25) is 0 Å². The summed E-state index contributed by atoms with van der Waals surface area (Å²) in [7, 11) is -3.28. The maximum atomic E-state index is 12.1. The predicted octanol–water partition coefficient (Wildman–Crippen LogP) is 1.91. The van der Waals surface area contributed by atoms with Gasteiger partial charge < -0.3 is 4.74 Å². The fourth-order valence-corrected chi connectivity index (χ4v) is 3.41. The van der Waals surface area contributed by atoms with E-state index >= 15 is 0 Å². The summed E-state index contributed by atoms with van der Waals surface area (Å²) in [4.78, 5) is 0.370. The van der Waals surface area contributed by atoms with Gasteiger partial charge in [0.25, 0.3) is 0 Å². The highest BCUT2D eigenvalue weighted by atomic mass is 32.2. The first-order valence-corrected chi connectivity index (χ1v) is 6.57. The Morgan fingerprint density at radius 3 is 2.80 bits per heavy atom. The molecule has 0 radical (unpaired) electrons. The number of ether oxygens (including phenoxy) is 1. The molecule has 0 bridgehead atoms. The Morgan fingerprint density at radius 1 is 1.40 bits per heavy atom. The van der Waals surface area contributed by atoms with Crippen LogP contribution in [0, 0.1) is 6.92 Å². The molecular formula is C11H14O3S. The van der Waals surface area contributed by atoms with Gasteiger partial charge in [0.2, 0.25) is 9.84 Å². The molecule has 1 aliphatic rings. The molecule has 4 heteroatoms. The van der Waals surface area contributed by atoms with E-state index in [1.165, 1.54) is 0 Å². The van der Waals surface area contributed by atoms with Crippen LogP contribution in [0.4, 0.5) is 0 Å². The van der Waals surface area contributed by atoms with E-state index in [2.05, 4.69) is 0 Å². The molecule has 0 amide bonds. The number of aryl methyl sites for hydroxylation is 1. The topological polar surface area (TPSA) is 43.4 Å². The van der Waals surface area contributed by atoms with Gasteiger partial charge in [-0.3, -0.25) is 0 Å². The molecule has 0 N–H and O–H groups in total. The molecule has 1 atom stereocenters. The number of sulfone groups is 1. The Hall–Kier alpha value is -0.870. The van der Waals surface area contributed by atoms with E-state index in [0.717, 1.165) is 12.0 Å². The molecule has 1 heterocycles. The van der Waals surface area contributed by atoms with Crippen molar-refractivity contribution < 1.29 is 13.2 Å². The standard InChI is InChI=1S/C11H14O3S/c1-9-4-2-5-10(8-9)15(12,13)11-6-3-7-14-11/h2,4-5,8,11H,3,6-7H2,1H3. The van der Waals surface area contributed by atoms with E-state index in [-0.39, 0.29) is 0 Å². The van der Waals surface area contributed by atoms with Crippen molar-refractivity contribution in [2.24, 2.45) is 0 Å². The fraction of sp³-hybridized carbons (Fsp3) is 0.455. The van der Waals surface area contributed by atoms with Crippen molar-refractivity contribution in [2.45, 2.75) is 30.1 Å². The van der Waals surface area contributed by atoms with Crippen LogP contribution >= 0.6 is 0 Å². The maximum Gasteiger partial charge on any atom is 0.205 e. The third kappa shape index (κ3) is 2.06. The maximum absolute atomic E-state index is 12.1. The van der Waals surface area contributed by atoms with Gasteiger partial charge >= 0.3 is 0 Å². The first-order valence-electron chi connectivity index (χ1n) is 5.03. The van der Waals surface area contributed by atoms with Crippen molar-refractivity contribution >= 4 is 9.84 Å². The lowest BCUT2D eigenvalue weighted by molar-refractivity contribution is 0.165. The third-order valence-electron chi connectivity index (χ3n) is 2.55. The monoisotopic (exact) mass is 226 g/mol. The van der Waals surface area contributed by atoms with Gasteiger partial charge in [-0.05, 0) is 37.5 Å². The van der Waals surface area contributed by atoms with Crippen LogP contribution in [0.5, 0.6) is 0 Å². The predicted molar refractivity (Wildman–Crippen MR) is 57.3 cm³/mol. The minimum Gasteiger partial charge on any atom is -0.362 e. The lowest BCUT2D eigenvalue weighted by atomic mass is 10.2. The Morgan fingerprint density at radius 2 is 2.20 bits per heavy atom. The molecule has 0 aromatic heterocycles. The quantitative estimate of drug-likeness (QED) is 0.773. The van der Waals surface area contributed by atoms with Gasteiger partial charge in [0.15, 0.2) is 5.44 Å². The third-order valence-corrected chi connectivity index (χ3v) is 4.53. The Balaban J connectivity index is 2.36. The molecule has 1 aromatic rings. The molecule has 1 fully saturated rings. The number of hydrogen-bond acceptors (Lipinski definition) is 3. The van der Waals surface area contributed by atoms with Gasteiger partial charge in [-0.1, -0.05) is 12.1 Å². The average molecular weight is 226 g/mol. The summed E-state index contributed by atoms with van der Waals surface area (Å²) in [6, 6.07) is 6.97. The first kappa shape index (κ1) is 10.6. The zero-order chi connectivity index (χ0) is 10.9. The van der Waals surface area contributed by atoms with Crippen molar-refractivity contribution in [1.29, 1.82) is 0 Å². The van der Waals surface area contributed by atoms with Crippen molar-refractivity contribution in [2.75, 3.05) is 6.61 Å². The van der Waals surface area contributed by atoms with Crippen LogP contribution in [-0.4, -0.2) is 20.5 Å². The molecule has 82 valence electrons. The molecule has 15 heavy (non-hydrogen) atoms. The Bertz CT molecular complexity index is 445. The molecule has 3 nitrogen and oxygen atoms in total. The highest BCUT2D eigenvalue weighted by molar-refractivity contribution is 7.92. The SMILES string of the molecule is Cc1cccc(S(=O)(=O)C2CCCO2)c1. The van der Waals surface area contributed by atoms with E-state index in [1.54, 1.807) is 18.2 Å². The highest BCUT2D eigenvalue weighted by Gasteiger charge is 2.31. The highest BCUT2D eigenvalue weighted by Crippen LogP contribution is 2.25. The number of rotatable bonds is 2. The van der Waals surface area contributed by atoms with Crippen LogP contribution < -0.4 is 0 Å². The molecule has 1 saturated heterocycles. The lowest BCUT2D eigenvalue weighted by Gasteiger charge is -2.11. The van der Waals surface area contributed by atoms with Crippen LogP contribution in [-0.2, 0) is 14.6 Å². The zero-order valence-corrected chi connectivity index (χ0v) is 9.46. The summed E-state index contributed by atoms with van der Waals surface area (Å²) in [5, 5.41) is 0. The zero-order valence-electron chi connectivity index (χ0n) is 8.64. The minimum absolute atomic E-state index is 0.370. The summed E-state index contributed by atoms with van der Waals surface area (Å²) >= 11 is 0. The molecule has 0 aliphatic carbocycles. The molecule has 0 spiro atoms. The second-order valence-electron chi connectivity index (χ2n) is 3.80. The van der Waals surface area contributed by atoms with Crippen molar-refractivity contribution in [3.05, 3.63) is 29.8 Å². The van der Waals surface area contributed by atoms with Crippen LogP contribution in [0.25, 0.3) is 0 Å². The van der Waals surface area contributed by atoms with E-state index in [4.69, 9.17) is 4.74 Å². The summed E-state index contributed by atoms with van der Waals surface area (Å²) in [6.45, 7) is 2.43. The number of hydrogen-bond donors (Lipinski definition) is 0. The Labute approximate surface area is 90.0 Å². The van der Waals surface area contributed by atoms with Crippen LogP contribution in [0.15, 0.2) is 29.2 Å². The number of benzene rings is 1. The van der Waals surface area contributed by atoms with Gasteiger partial charge in [0.05, 0.1) is 4.90 Å². The average Bonchev–Trinajstić information content (AvgIpc) is 2.71. The van der Waals surface area contributed by atoms with E-state index in [1.807, 2.05) is 13.0 Å². The van der Waals surface area contributed by atoms with Gasteiger partial charge in [0, 0.05) is 6.61 Å². The summed E-state index contributed by atoms with van der Waals surface area (Å²) in [5.41, 5.74) is 0.313. The van der Waals surface area contributed by atoms with Crippen LogP contribution in [0.3, 0.4) is 0 Å². The second-order valence-corrected chi connectivity index (χ2v) is 5.89. The largest absolute Gasteiger partial charge is 0.362 e. The van der Waals surface area contributed by atoms with E-state index < -0.39 is 15.3 Å². The van der Waals surface area contributed by atoms with Crippen LogP contribution in [0.1, 0.15) is 18.4 Å².